The monoisotopic (exact) mass is 247 g/mol. The molecule has 0 aromatic carbocycles. The van der Waals surface area contributed by atoms with Gasteiger partial charge in [-0.2, -0.15) is 0 Å². The minimum atomic E-state index is -3.90. The van der Waals surface area contributed by atoms with Gasteiger partial charge in [-0.25, -0.2) is 0 Å². The summed E-state index contributed by atoms with van der Waals surface area (Å²) in [5.74, 6) is -0.385. The molecule has 0 rings (SSSR count). The van der Waals surface area contributed by atoms with Gasteiger partial charge in [-0.05, 0) is 20.0 Å². The van der Waals surface area contributed by atoms with E-state index in [0.29, 0.717) is 0 Å². The molecule has 0 saturated heterocycles. The summed E-state index contributed by atoms with van der Waals surface area (Å²) in [6.07, 6.45) is 0. The third-order valence-electron chi connectivity index (χ3n) is 0.762. The summed E-state index contributed by atoms with van der Waals surface area (Å²) in [7, 11) is -9.87. The molecule has 0 heterocycles. The molecule has 2 unspecified atom stereocenters. The van der Waals surface area contributed by atoms with Gasteiger partial charge in [-0.3, -0.25) is 8.88 Å². The number of hydrogen-bond acceptors (Lipinski definition) is 4. The van der Waals surface area contributed by atoms with Crippen LogP contribution in [0, 0.1) is 0 Å². The lowest BCUT2D eigenvalue weighted by molar-refractivity contribution is 0.387. The van der Waals surface area contributed by atoms with E-state index < -0.39 is 29.6 Å². The van der Waals surface area contributed by atoms with Gasteiger partial charge in [0, 0.05) is 7.25 Å². The minimum Gasteiger partial charge on any atom is -0.338 e. The zero-order valence-corrected chi connectivity index (χ0v) is 9.81. The summed E-state index contributed by atoms with van der Waals surface area (Å²) < 4.78 is 38.3. The maximum atomic E-state index is 11.3. The third-order valence-corrected chi connectivity index (χ3v) is 6.86. The van der Waals surface area contributed by atoms with Gasteiger partial charge in [0.05, 0.1) is 14.7 Å². The SMILES string of the molecule is [BH3-]P(C)(=O)OP(=O)(O)CP(C)(C)=O. The molecule has 80 valence electrons. The van der Waals surface area contributed by atoms with Gasteiger partial charge >= 0.3 is 7.60 Å². The second-order valence-corrected chi connectivity index (χ2v) is 9.96. The van der Waals surface area contributed by atoms with Crippen LogP contribution in [-0.4, -0.2) is 38.4 Å². The van der Waals surface area contributed by atoms with Crippen molar-refractivity contribution in [1.29, 1.82) is 0 Å². The minimum absolute atomic E-state index is 0.385. The van der Waals surface area contributed by atoms with E-state index in [1.165, 1.54) is 20.0 Å². The van der Waals surface area contributed by atoms with Crippen LogP contribution in [0.2, 0.25) is 0 Å². The van der Waals surface area contributed by atoms with E-state index in [0.717, 1.165) is 0 Å². The summed E-state index contributed by atoms with van der Waals surface area (Å²) in [6, 6.07) is 0. The first kappa shape index (κ1) is 13.7. The van der Waals surface area contributed by atoms with Gasteiger partial charge in [0.15, 0.2) is 0 Å². The highest BCUT2D eigenvalue weighted by Gasteiger charge is 2.29. The molecule has 0 aromatic rings. The van der Waals surface area contributed by atoms with Crippen LogP contribution >= 0.6 is 22.0 Å². The van der Waals surface area contributed by atoms with Crippen LogP contribution in [0.4, 0.5) is 0 Å². The van der Waals surface area contributed by atoms with E-state index in [1.807, 2.05) is 0 Å². The molecular formula is C4H15BO5P3-. The molecule has 5 nitrogen and oxygen atoms in total. The summed E-state index contributed by atoms with van der Waals surface area (Å²) >= 11 is 0. The average Bonchev–Trinajstić information content (AvgIpc) is 1.43. The lowest BCUT2D eigenvalue weighted by atomic mass is 10.8. The summed E-state index contributed by atoms with van der Waals surface area (Å²) in [4.78, 5) is 9.21. The zero-order chi connectivity index (χ0) is 10.9. The molecule has 0 amide bonds. The fourth-order valence-corrected chi connectivity index (χ4v) is 6.19. The lowest BCUT2D eigenvalue weighted by Crippen LogP contribution is -1.93. The van der Waals surface area contributed by atoms with Gasteiger partial charge in [0.25, 0.3) is 0 Å². The highest BCUT2D eigenvalue weighted by Crippen LogP contribution is 2.63. The van der Waals surface area contributed by atoms with E-state index in [2.05, 4.69) is 4.31 Å². The van der Waals surface area contributed by atoms with E-state index in [1.54, 1.807) is 0 Å². The first-order chi connectivity index (χ1) is 5.41. The molecule has 0 bridgehead atoms. The molecular weight excluding hydrogens is 232 g/mol. The summed E-state index contributed by atoms with van der Waals surface area (Å²) in [5.41, 5.74) is 0. The van der Waals surface area contributed by atoms with Crippen molar-refractivity contribution in [3.63, 3.8) is 0 Å². The van der Waals surface area contributed by atoms with Crippen molar-refractivity contribution in [3.05, 3.63) is 0 Å². The Morgan fingerprint density at radius 2 is 1.62 bits per heavy atom. The molecule has 0 aliphatic rings. The van der Waals surface area contributed by atoms with E-state index >= 15 is 0 Å². The van der Waals surface area contributed by atoms with E-state index in [9.17, 15) is 18.6 Å². The largest absolute Gasteiger partial charge is 0.338 e. The van der Waals surface area contributed by atoms with Crippen LogP contribution in [0.3, 0.4) is 0 Å². The molecule has 0 aliphatic heterocycles. The fourth-order valence-electron chi connectivity index (χ4n) is 0.636. The summed E-state index contributed by atoms with van der Waals surface area (Å²) in [5, 5.41) is 0. The highest BCUT2D eigenvalue weighted by molar-refractivity contribution is 7.88. The number of rotatable bonds is 4. The van der Waals surface area contributed by atoms with Crippen molar-refractivity contribution >= 4 is 29.6 Å². The van der Waals surface area contributed by atoms with Crippen molar-refractivity contribution < 1.29 is 22.9 Å². The Bertz CT molecular complexity index is 286. The predicted molar refractivity (Wildman–Crippen MR) is 58.7 cm³/mol. The van der Waals surface area contributed by atoms with Gasteiger partial charge in [-0.1, -0.05) is 0 Å². The second-order valence-electron chi connectivity index (χ2n) is 2.87. The predicted octanol–water partition coefficient (Wildman–Crippen LogP) is 0.957. The van der Waals surface area contributed by atoms with Crippen molar-refractivity contribution in [1.82, 2.24) is 0 Å². The van der Waals surface area contributed by atoms with Crippen LogP contribution < -0.4 is 0 Å². The molecule has 0 fully saturated rings. The van der Waals surface area contributed by atoms with Gasteiger partial charge in [-0.15, -0.1) is 0 Å². The molecule has 0 aromatic heterocycles. The molecule has 0 aliphatic carbocycles. The second kappa shape index (κ2) is 4.04. The maximum absolute atomic E-state index is 11.3. The lowest BCUT2D eigenvalue weighted by Gasteiger charge is -2.19. The fraction of sp³-hybridized carbons (Fsp3) is 1.00. The Morgan fingerprint density at radius 3 is 1.85 bits per heavy atom. The van der Waals surface area contributed by atoms with Gasteiger partial charge in [0.1, 0.15) is 5.90 Å². The molecule has 13 heavy (non-hydrogen) atoms. The first-order valence-electron chi connectivity index (χ1n) is 3.09. The number of hydrogen-bond donors (Lipinski definition) is 1. The van der Waals surface area contributed by atoms with Crippen LogP contribution in [0.15, 0.2) is 0 Å². The maximum Gasteiger partial charge on any atom is 0.338 e. The molecule has 0 spiro atoms. The zero-order valence-electron chi connectivity index (χ0n) is 7.13. The molecule has 9 heteroatoms. The Kier molecular flexibility index (Phi) is 4.25. The van der Waals surface area contributed by atoms with Gasteiger partial charge in [0.2, 0.25) is 0 Å². The standard InChI is InChI=1S/C4H15BO5P3/c1-11(2,6)4-13(8,9)10-12(3,5)7/h4H2,1-3,5H3,(H,8,9)/q-1. The topological polar surface area (TPSA) is 80.7 Å². The Balaban J connectivity index is 4.54. The molecule has 0 saturated carbocycles. The molecule has 0 radical (unpaired) electrons. The van der Waals surface area contributed by atoms with Crippen LogP contribution in [0.1, 0.15) is 0 Å². The van der Waals surface area contributed by atoms with Crippen LogP contribution in [0.25, 0.3) is 0 Å². The highest BCUT2D eigenvalue weighted by atomic mass is 31.3. The van der Waals surface area contributed by atoms with Crippen molar-refractivity contribution in [2.75, 3.05) is 25.9 Å². The Hall–Kier alpha value is 0.675. The van der Waals surface area contributed by atoms with Gasteiger partial charge < -0.3 is 14.0 Å². The quantitative estimate of drug-likeness (QED) is 0.590. The van der Waals surface area contributed by atoms with Crippen molar-refractivity contribution in [3.8, 4) is 0 Å². The van der Waals surface area contributed by atoms with Crippen molar-refractivity contribution in [2.24, 2.45) is 0 Å². The average molecular weight is 247 g/mol. The Morgan fingerprint density at radius 1 is 1.23 bits per heavy atom. The third kappa shape index (κ3) is 8.99. The first-order valence-corrected chi connectivity index (χ1v) is 9.26. The normalized spacial score (nSPS) is 21.9. The van der Waals surface area contributed by atoms with Crippen molar-refractivity contribution in [2.45, 2.75) is 0 Å². The van der Waals surface area contributed by atoms with Crippen LogP contribution in [-0.2, 0) is 18.0 Å². The van der Waals surface area contributed by atoms with E-state index in [4.69, 9.17) is 0 Å². The van der Waals surface area contributed by atoms with E-state index in [-0.39, 0.29) is 5.90 Å². The van der Waals surface area contributed by atoms with Crippen LogP contribution in [0.5, 0.6) is 0 Å². The summed E-state index contributed by atoms with van der Waals surface area (Å²) in [6.45, 7) is 4.16. The smallest absolute Gasteiger partial charge is 0.338 e. The Labute approximate surface area is 79.0 Å². The molecule has 2 atom stereocenters. The molecule has 1 N–H and O–H groups in total.